The van der Waals surface area contributed by atoms with E-state index in [2.05, 4.69) is 15.9 Å². The van der Waals surface area contributed by atoms with Crippen molar-refractivity contribution >= 4 is 21.9 Å². The first-order chi connectivity index (χ1) is 7.19. The van der Waals surface area contributed by atoms with Gasteiger partial charge in [0.2, 0.25) is 0 Å². The van der Waals surface area contributed by atoms with Crippen molar-refractivity contribution in [1.82, 2.24) is 0 Å². The summed E-state index contributed by atoms with van der Waals surface area (Å²) in [5.74, 6) is -0.972. The van der Waals surface area contributed by atoms with Crippen molar-refractivity contribution in [2.45, 2.75) is 12.8 Å². The van der Waals surface area contributed by atoms with Crippen LogP contribution in [0.5, 0.6) is 0 Å². The van der Waals surface area contributed by atoms with E-state index in [9.17, 15) is 4.79 Å². The minimum absolute atomic E-state index is 0.236. The van der Waals surface area contributed by atoms with Gasteiger partial charge < -0.3 is 9.84 Å². The zero-order valence-electron chi connectivity index (χ0n) is 8.44. The molecule has 0 fully saturated rings. The number of aliphatic hydroxyl groups is 1. The highest BCUT2D eigenvalue weighted by Crippen LogP contribution is 2.19. The van der Waals surface area contributed by atoms with E-state index in [4.69, 9.17) is 9.84 Å². The molecule has 0 radical (unpaired) electrons. The van der Waals surface area contributed by atoms with Crippen LogP contribution >= 0.6 is 15.9 Å². The molecule has 1 unspecified atom stereocenters. The maximum atomic E-state index is 11.5. The van der Waals surface area contributed by atoms with E-state index in [1.807, 2.05) is 12.1 Å². The van der Waals surface area contributed by atoms with Crippen molar-refractivity contribution in [1.29, 1.82) is 0 Å². The Morgan fingerprint density at radius 1 is 1.47 bits per heavy atom. The number of hydrogen-bond acceptors (Lipinski definition) is 3. The Balaban J connectivity index is 2.82. The van der Waals surface area contributed by atoms with E-state index in [0.717, 1.165) is 10.0 Å². The predicted octanol–water partition coefficient (Wildman–Crippen LogP) is 2.09. The van der Waals surface area contributed by atoms with Crippen LogP contribution in [-0.4, -0.2) is 24.3 Å². The molecule has 0 bridgehead atoms. The lowest BCUT2D eigenvalue weighted by Crippen LogP contribution is -2.19. The second-order valence-electron chi connectivity index (χ2n) is 3.04. The van der Waals surface area contributed by atoms with Gasteiger partial charge in [0.05, 0.1) is 13.2 Å². The van der Waals surface area contributed by atoms with Crippen LogP contribution in [-0.2, 0) is 9.53 Å². The van der Waals surface area contributed by atoms with Gasteiger partial charge in [0.25, 0.3) is 0 Å². The summed E-state index contributed by atoms with van der Waals surface area (Å²) in [6.07, 6.45) is 0. The van der Waals surface area contributed by atoms with Crippen molar-refractivity contribution in [3.8, 4) is 0 Å². The van der Waals surface area contributed by atoms with E-state index in [1.54, 1.807) is 19.1 Å². The fraction of sp³-hybridized carbons (Fsp3) is 0.364. The van der Waals surface area contributed by atoms with E-state index < -0.39 is 5.92 Å². The summed E-state index contributed by atoms with van der Waals surface area (Å²) in [4.78, 5) is 11.5. The average Bonchev–Trinajstić information content (AvgIpc) is 2.22. The Labute approximate surface area is 97.2 Å². The summed E-state index contributed by atoms with van der Waals surface area (Å²) in [6.45, 7) is 1.83. The topological polar surface area (TPSA) is 46.5 Å². The molecule has 1 atom stereocenters. The van der Waals surface area contributed by atoms with Gasteiger partial charge in [-0.05, 0) is 24.6 Å². The number of aliphatic hydroxyl groups excluding tert-OH is 1. The van der Waals surface area contributed by atoms with Crippen molar-refractivity contribution in [2.75, 3.05) is 13.2 Å². The summed E-state index contributed by atoms with van der Waals surface area (Å²) in [6, 6.07) is 7.25. The molecule has 0 saturated carbocycles. The van der Waals surface area contributed by atoms with Crippen LogP contribution in [0.15, 0.2) is 28.7 Å². The second kappa shape index (κ2) is 5.88. The lowest BCUT2D eigenvalue weighted by atomic mass is 10.0. The molecule has 1 rings (SSSR count). The number of rotatable bonds is 4. The molecular weight excluding hydrogens is 260 g/mol. The average molecular weight is 273 g/mol. The maximum absolute atomic E-state index is 11.5. The molecule has 0 aliphatic rings. The third kappa shape index (κ3) is 3.32. The SMILES string of the molecule is CCOC(=O)C(CO)c1ccc(Br)cc1. The summed E-state index contributed by atoms with van der Waals surface area (Å²) in [5, 5.41) is 9.13. The highest BCUT2D eigenvalue weighted by molar-refractivity contribution is 9.10. The van der Waals surface area contributed by atoms with E-state index in [1.165, 1.54) is 0 Å². The molecule has 4 heteroatoms. The molecule has 0 heterocycles. The lowest BCUT2D eigenvalue weighted by Gasteiger charge is -2.12. The molecule has 0 spiro atoms. The van der Waals surface area contributed by atoms with Gasteiger partial charge in [-0.25, -0.2) is 0 Å². The summed E-state index contributed by atoms with van der Waals surface area (Å²) in [7, 11) is 0. The Hall–Kier alpha value is -0.870. The first-order valence-corrected chi connectivity index (χ1v) is 5.51. The third-order valence-corrected chi connectivity index (χ3v) is 2.55. The first-order valence-electron chi connectivity index (χ1n) is 4.72. The van der Waals surface area contributed by atoms with Crippen molar-refractivity contribution in [3.63, 3.8) is 0 Å². The van der Waals surface area contributed by atoms with E-state index in [-0.39, 0.29) is 12.6 Å². The van der Waals surface area contributed by atoms with Gasteiger partial charge in [0.1, 0.15) is 5.92 Å². The van der Waals surface area contributed by atoms with Crippen LogP contribution in [0.3, 0.4) is 0 Å². The number of carbonyl (C=O) groups excluding carboxylic acids is 1. The maximum Gasteiger partial charge on any atom is 0.315 e. The highest BCUT2D eigenvalue weighted by atomic mass is 79.9. The Bertz CT molecular complexity index is 321. The first kappa shape index (κ1) is 12.2. The zero-order chi connectivity index (χ0) is 11.3. The second-order valence-corrected chi connectivity index (χ2v) is 3.95. The summed E-state index contributed by atoms with van der Waals surface area (Å²) >= 11 is 3.31. The largest absolute Gasteiger partial charge is 0.465 e. The van der Waals surface area contributed by atoms with Gasteiger partial charge >= 0.3 is 5.97 Å². The molecular formula is C11H13BrO3. The monoisotopic (exact) mass is 272 g/mol. The summed E-state index contributed by atoms with van der Waals surface area (Å²) in [5.41, 5.74) is 0.763. The molecule has 0 aliphatic carbocycles. The van der Waals surface area contributed by atoms with Crippen LogP contribution in [0, 0.1) is 0 Å². The molecule has 15 heavy (non-hydrogen) atoms. The fourth-order valence-electron chi connectivity index (χ4n) is 1.25. The highest BCUT2D eigenvalue weighted by Gasteiger charge is 2.20. The fourth-order valence-corrected chi connectivity index (χ4v) is 1.52. The van der Waals surface area contributed by atoms with E-state index >= 15 is 0 Å². The van der Waals surface area contributed by atoms with Crippen LogP contribution in [0.4, 0.5) is 0 Å². The minimum atomic E-state index is -0.585. The normalized spacial score (nSPS) is 12.2. The number of carbonyl (C=O) groups is 1. The zero-order valence-corrected chi connectivity index (χ0v) is 10.0. The number of esters is 1. The van der Waals surface area contributed by atoms with Gasteiger partial charge in [-0.3, -0.25) is 4.79 Å². The minimum Gasteiger partial charge on any atom is -0.465 e. The van der Waals surface area contributed by atoms with Gasteiger partial charge in [0, 0.05) is 4.47 Å². The van der Waals surface area contributed by atoms with Gasteiger partial charge in [-0.15, -0.1) is 0 Å². The molecule has 0 saturated heterocycles. The summed E-state index contributed by atoms with van der Waals surface area (Å²) < 4.78 is 5.81. The van der Waals surface area contributed by atoms with Gasteiger partial charge in [-0.2, -0.15) is 0 Å². The van der Waals surface area contributed by atoms with Crippen molar-refractivity contribution in [3.05, 3.63) is 34.3 Å². The van der Waals surface area contributed by atoms with E-state index in [0.29, 0.717) is 6.61 Å². The molecule has 3 nitrogen and oxygen atoms in total. The van der Waals surface area contributed by atoms with Gasteiger partial charge in [-0.1, -0.05) is 28.1 Å². The molecule has 1 aromatic rings. The predicted molar refractivity (Wildman–Crippen MR) is 60.6 cm³/mol. The molecule has 0 amide bonds. The molecule has 82 valence electrons. The lowest BCUT2D eigenvalue weighted by molar-refractivity contribution is -0.145. The number of benzene rings is 1. The third-order valence-electron chi connectivity index (χ3n) is 2.03. The molecule has 1 aromatic carbocycles. The van der Waals surface area contributed by atoms with Crippen LogP contribution in [0.25, 0.3) is 0 Å². The molecule has 1 N–H and O–H groups in total. The number of halogens is 1. The number of ether oxygens (including phenoxy) is 1. The van der Waals surface area contributed by atoms with Gasteiger partial charge in [0.15, 0.2) is 0 Å². The smallest absolute Gasteiger partial charge is 0.315 e. The van der Waals surface area contributed by atoms with Crippen LogP contribution in [0.2, 0.25) is 0 Å². The van der Waals surface area contributed by atoms with Crippen LogP contribution in [0.1, 0.15) is 18.4 Å². The molecule has 0 aromatic heterocycles. The Morgan fingerprint density at radius 3 is 2.53 bits per heavy atom. The van der Waals surface area contributed by atoms with Crippen molar-refractivity contribution < 1.29 is 14.6 Å². The standard InChI is InChI=1S/C11H13BrO3/c1-2-15-11(14)10(7-13)8-3-5-9(12)6-4-8/h3-6,10,13H,2,7H2,1H3. The Morgan fingerprint density at radius 2 is 2.07 bits per heavy atom. The quantitative estimate of drug-likeness (QED) is 0.854. The van der Waals surface area contributed by atoms with Crippen LogP contribution < -0.4 is 0 Å². The number of hydrogen-bond donors (Lipinski definition) is 1. The van der Waals surface area contributed by atoms with Crippen molar-refractivity contribution in [2.24, 2.45) is 0 Å². The Kier molecular flexibility index (Phi) is 4.78. The molecule has 0 aliphatic heterocycles.